The minimum absolute atomic E-state index is 0.0522. The van der Waals surface area contributed by atoms with E-state index < -0.39 is 0 Å². The summed E-state index contributed by atoms with van der Waals surface area (Å²) in [7, 11) is 0. The Kier molecular flexibility index (Phi) is 4.93. The first-order valence-corrected chi connectivity index (χ1v) is 6.94. The third-order valence-corrected chi connectivity index (χ3v) is 3.35. The number of anilines is 1. The van der Waals surface area contributed by atoms with Crippen LogP contribution in [0.5, 0.6) is 0 Å². The van der Waals surface area contributed by atoms with Gasteiger partial charge < -0.3 is 11.1 Å². The van der Waals surface area contributed by atoms with E-state index in [9.17, 15) is 9.18 Å². The molecule has 1 amide bonds. The summed E-state index contributed by atoms with van der Waals surface area (Å²) in [5, 5.41) is 2.87. The van der Waals surface area contributed by atoms with E-state index in [0.29, 0.717) is 18.5 Å². The van der Waals surface area contributed by atoms with Gasteiger partial charge in [-0.1, -0.05) is 24.3 Å². The number of carbonyl (C=O) groups is 1. The Balaban J connectivity index is 1.85. The number of halogens is 1. The number of aryl methyl sites for hydroxylation is 1. The van der Waals surface area contributed by atoms with E-state index >= 15 is 0 Å². The minimum atomic E-state index is -0.296. The molecule has 0 heterocycles. The highest BCUT2D eigenvalue weighted by molar-refractivity contribution is 5.76. The molecule has 0 fully saturated rings. The summed E-state index contributed by atoms with van der Waals surface area (Å²) >= 11 is 0. The number of amides is 1. The van der Waals surface area contributed by atoms with Crippen molar-refractivity contribution in [3.05, 3.63) is 65.5 Å². The number of hydrogen-bond donors (Lipinski definition) is 2. The average Bonchev–Trinajstić information content (AvgIpc) is 2.46. The lowest BCUT2D eigenvalue weighted by Gasteiger charge is -2.14. The molecule has 0 bridgehead atoms. The van der Waals surface area contributed by atoms with Crippen molar-refractivity contribution in [2.75, 3.05) is 5.73 Å². The van der Waals surface area contributed by atoms with Crippen LogP contribution in [0.1, 0.15) is 30.5 Å². The lowest BCUT2D eigenvalue weighted by Crippen LogP contribution is -2.26. The molecule has 0 aliphatic rings. The highest BCUT2D eigenvalue weighted by Gasteiger charge is 2.10. The molecule has 2 aromatic carbocycles. The largest absolute Gasteiger partial charge is 0.399 e. The second kappa shape index (κ2) is 6.88. The number of nitrogens with two attached hydrogens (primary N) is 1. The van der Waals surface area contributed by atoms with Gasteiger partial charge in [-0.2, -0.15) is 0 Å². The number of rotatable bonds is 5. The first-order valence-electron chi connectivity index (χ1n) is 6.94. The van der Waals surface area contributed by atoms with E-state index in [0.717, 1.165) is 11.1 Å². The van der Waals surface area contributed by atoms with Gasteiger partial charge in [-0.05, 0) is 48.7 Å². The Labute approximate surface area is 124 Å². The van der Waals surface area contributed by atoms with Crippen molar-refractivity contribution < 1.29 is 9.18 Å². The van der Waals surface area contributed by atoms with Crippen molar-refractivity contribution in [3.8, 4) is 0 Å². The fourth-order valence-corrected chi connectivity index (χ4v) is 2.12. The van der Waals surface area contributed by atoms with Gasteiger partial charge in [0.25, 0.3) is 0 Å². The van der Waals surface area contributed by atoms with Gasteiger partial charge in [-0.25, -0.2) is 4.39 Å². The maximum absolute atomic E-state index is 13.1. The van der Waals surface area contributed by atoms with Crippen LogP contribution in [-0.4, -0.2) is 5.91 Å². The monoisotopic (exact) mass is 286 g/mol. The molecular formula is C17H19FN2O. The first kappa shape index (κ1) is 15.0. The molecule has 3 nitrogen and oxygen atoms in total. The number of nitrogens with one attached hydrogen (secondary N) is 1. The number of nitrogen functional groups attached to an aromatic ring is 1. The summed E-state index contributed by atoms with van der Waals surface area (Å²) in [4.78, 5) is 11.9. The summed E-state index contributed by atoms with van der Waals surface area (Å²) in [6.07, 6.45) is 1.05. The van der Waals surface area contributed by atoms with Crippen LogP contribution in [0, 0.1) is 5.82 Å². The van der Waals surface area contributed by atoms with E-state index in [1.54, 1.807) is 12.1 Å². The van der Waals surface area contributed by atoms with E-state index in [4.69, 9.17) is 5.73 Å². The molecule has 1 atom stereocenters. The molecule has 4 heteroatoms. The molecule has 0 aliphatic heterocycles. The molecule has 2 aromatic rings. The number of hydrogen-bond acceptors (Lipinski definition) is 2. The van der Waals surface area contributed by atoms with Crippen LogP contribution in [0.15, 0.2) is 48.5 Å². The van der Waals surface area contributed by atoms with Crippen LogP contribution in [0.25, 0.3) is 0 Å². The summed E-state index contributed by atoms with van der Waals surface area (Å²) in [5.74, 6) is -0.348. The van der Waals surface area contributed by atoms with Crippen molar-refractivity contribution in [1.82, 2.24) is 5.32 Å². The lowest BCUT2D eigenvalue weighted by atomic mass is 10.1. The summed E-state index contributed by atoms with van der Waals surface area (Å²) in [6, 6.07) is 13.5. The second-order valence-electron chi connectivity index (χ2n) is 5.09. The van der Waals surface area contributed by atoms with Crippen LogP contribution in [-0.2, 0) is 11.2 Å². The quantitative estimate of drug-likeness (QED) is 0.829. The molecule has 0 radical (unpaired) electrons. The van der Waals surface area contributed by atoms with Gasteiger partial charge in [-0.3, -0.25) is 4.79 Å². The van der Waals surface area contributed by atoms with Gasteiger partial charge in [-0.15, -0.1) is 0 Å². The third kappa shape index (κ3) is 4.60. The van der Waals surface area contributed by atoms with Crippen molar-refractivity contribution in [2.24, 2.45) is 0 Å². The SMILES string of the molecule is C[C@@H](NC(=O)CCc1ccc(N)cc1)c1cccc(F)c1. The fraction of sp³-hybridized carbons (Fsp3) is 0.235. The zero-order chi connectivity index (χ0) is 15.2. The Morgan fingerprint density at radius 1 is 1.24 bits per heavy atom. The summed E-state index contributed by atoms with van der Waals surface area (Å²) < 4.78 is 13.1. The average molecular weight is 286 g/mol. The van der Waals surface area contributed by atoms with Crippen LogP contribution in [0.3, 0.4) is 0 Å². The van der Waals surface area contributed by atoms with Crippen molar-refractivity contribution in [3.63, 3.8) is 0 Å². The van der Waals surface area contributed by atoms with E-state index in [1.165, 1.54) is 12.1 Å². The molecule has 0 aromatic heterocycles. The van der Waals surface area contributed by atoms with E-state index in [1.807, 2.05) is 31.2 Å². The molecule has 0 saturated carbocycles. The predicted octanol–water partition coefficient (Wildman–Crippen LogP) is 3.22. The van der Waals surface area contributed by atoms with Crippen LogP contribution >= 0.6 is 0 Å². The normalized spacial score (nSPS) is 11.9. The summed E-state index contributed by atoms with van der Waals surface area (Å²) in [6.45, 7) is 1.84. The van der Waals surface area contributed by atoms with Gasteiger partial charge in [0.2, 0.25) is 5.91 Å². The standard InChI is InChI=1S/C17H19FN2O/c1-12(14-3-2-4-15(18)11-14)20-17(21)10-7-13-5-8-16(19)9-6-13/h2-6,8-9,11-12H,7,10,19H2,1H3,(H,20,21)/t12-/m1/s1. The van der Waals surface area contributed by atoms with Gasteiger partial charge in [0.05, 0.1) is 6.04 Å². The van der Waals surface area contributed by atoms with Crippen molar-refractivity contribution >= 4 is 11.6 Å². The highest BCUT2D eigenvalue weighted by Crippen LogP contribution is 2.14. The smallest absolute Gasteiger partial charge is 0.220 e. The van der Waals surface area contributed by atoms with Crippen LogP contribution in [0.2, 0.25) is 0 Å². The molecule has 2 rings (SSSR count). The minimum Gasteiger partial charge on any atom is -0.399 e. The van der Waals surface area contributed by atoms with Crippen LogP contribution in [0.4, 0.5) is 10.1 Å². The van der Waals surface area contributed by atoms with Crippen LogP contribution < -0.4 is 11.1 Å². The number of benzene rings is 2. The molecule has 0 unspecified atom stereocenters. The molecule has 0 saturated heterocycles. The van der Waals surface area contributed by atoms with Gasteiger partial charge in [0.15, 0.2) is 0 Å². The van der Waals surface area contributed by atoms with Crippen molar-refractivity contribution in [2.45, 2.75) is 25.8 Å². The van der Waals surface area contributed by atoms with Gasteiger partial charge in [0.1, 0.15) is 5.82 Å². The molecule has 110 valence electrons. The molecule has 0 aliphatic carbocycles. The zero-order valence-electron chi connectivity index (χ0n) is 12.0. The molecular weight excluding hydrogens is 267 g/mol. The van der Waals surface area contributed by atoms with Gasteiger partial charge >= 0.3 is 0 Å². The highest BCUT2D eigenvalue weighted by atomic mass is 19.1. The van der Waals surface area contributed by atoms with Crippen molar-refractivity contribution in [1.29, 1.82) is 0 Å². The Bertz CT molecular complexity index is 610. The Morgan fingerprint density at radius 2 is 1.95 bits per heavy atom. The predicted molar refractivity (Wildman–Crippen MR) is 82.1 cm³/mol. The molecule has 3 N–H and O–H groups in total. The Morgan fingerprint density at radius 3 is 2.62 bits per heavy atom. The number of carbonyl (C=O) groups excluding carboxylic acids is 1. The van der Waals surface area contributed by atoms with E-state index in [-0.39, 0.29) is 17.8 Å². The van der Waals surface area contributed by atoms with Gasteiger partial charge in [0, 0.05) is 12.1 Å². The van der Waals surface area contributed by atoms with E-state index in [2.05, 4.69) is 5.32 Å². The fourth-order valence-electron chi connectivity index (χ4n) is 2.12. The molecule has 0 spiro atoms. The maximum atomic E-state index is 13.1. The second-order valence-corrected chi connectivity index (χ2v) is 5.09. The lowest BCUT2D eigenvalue weighted by molar-refractivity contribution is -0.121. The first-order chi connectivity index (χ1) is 10.0. The third-order valence-electron chi connectivity index (χ3n) is 3.35. The maximum Gasteiger partial charge on any atom is 0.220 e. The topological polar surface area (TPSA) is 55.1 Å². The molecule has 21 heavy (non-hydrogen) atoms. The summed E-state index contributed by atoms with van der Waals surface area (Å²) in [5.41, 5.74) is 8.15. The zero-order valence-corrected chi connectivity index (χ0v) is 12.0. The Hall–Kier alpha value is -2.36.